The van der Waals surface area contributed by atoms with Gasteiger partial charge in [-0.15, -0.1) is 0 Å². The lowest BCUT2D eigenvalue weighted by Gasteiger charge is -2.21. The van der Waals surface area contributed by atoms with E-state index in [1.165, 1.54) is 5.39 Å². The van der Waals surface area contributed by atoms with Gasteiger partial charge in [-0.3, -0.25) is 19.7 Å². The Balaban J connectivity index is 1.51. The first-order valence-electron chi connectivity index (χ1n) is 11.3. The standard InChI is InChI=1S/C28H22N6O/c1-34-12-7-18-4-5-19(13-25(18)34)23-15-22(16-24-28(23)32-11-10-30-24)33-27(21-3-2-8-29-17-21)20-6-9-31-26(35)14-20/h2-17,27,33H,1H3,(H,31,35). The van der Waals surface area contributed by atoms with E-state index in [4.69, 9.17) is 0 Å². The third-order valence-corrected chi connectivity index (χ3v) is 6.23. The number of aromatic amines is 1. The zero-order valence-corrected chi connectivity index (χ0v) is 19.0. The molecule has 0 aliphatic carbocycles. The van der Waals surface area contributed by atoms with Crippen LogP contribution >= 0.6 is 0 Å². The predicted molar refractivity (Wildman–Crippen MR) is 138 cm³/mol. The number of nitrogens with zero attached hydrogens (tertiary/aromatic N) is 4. The molecule has 7 heteroatoms. The van der Waals surface area contributed by atoms with Crippen molar-refractivity contribution in [3.05, 3.63) is 119 Å². The van der Waals surface area contributed by atoms with Gasteiger partial charge in [0.15, 0.2) is 0 Å². The summed E-state index contributed by atoms with van der Waals surface area (Å²) in [6.45, 7) is 0. The van der Waals surface area contributed by atoms with Crippen molar-refractivity contribution in [3.8, 4) is 11.1 Å². The van der Waals surface area contributed by atoms with Crippen LogP contribution in [0.15, 0.2) is 103 Å². The van der Waals surface area contributed by atoms with Crippen molar-refractivity contribution >= 4 is 27.6 Å². The molecule has 0 saturated carbocycles. The van der Waals surface area contributed by atoms with E-state index in [0.717, 1.165) is 44.5 Å². The molecule has 6 aromatic rings. The molecule has 0 bridgehead atoms. The number of nitrogens with one attached hydrogen (secondary N) is 2. The Bertz CT molecular complexity index is 1720. The second-order valence-corrected chi connectivity index (χ2v) is 8.50. The minimum absolute atomic E-state index is 0.154. The highest BCUT2D eigenvalue weighted by Gasteiger charge is 2.17. The number of aryl methyl sites for hydroxylation is 1. The Morgan fingerprint density at radius 3 is 2.71 bits per heavy atom. The molecule has 0 aliphatic heterocycles. The summed E-state index contributed by atoms with van der Waals surface area (Å²) in [5.74, 6) is 0. The third kappa shape index (κ3) is 3.93. The molecule has 35 heavy (non-hydrogen) atoms. The fourth-order valence-electron chi connectivity index (χ4n) is 4.52. The zero-order chi connectivity index (χ0) is 23.8. The Morgan fingerprint density at radius 1 is 0.943 bits per heavy atom. The van der Waals surface area contributed by atoms with Crippen LogP contribution < -0.4 is 10.9 Å². The van der Waals surface area contributed by atoms with Gasteiger partial charge in [-0.25, -0.2) is 0 Å². The van der Waals surface area contributed by atoms with Gasteiger partial charge in [-0.05, 0) is 58.5 Å². The van der Waals surface area contributed by atoms with Gasteiger partial charge in [0.1, 0.15) is 0 Å². The Labute approximate surface area is 201 Å². The Kier molecular flexibility index (Phi) is 5.07. The lowest BCUT2D eigenvalue weighted by Crippen LogP contribution is -2.16. The average molecular weight is 459 g/mol. The summed E-state index contributed by atoms with van der Waals surface area (Å²) in [5.41, 5.74) is 7.32. The first kappa shape index (κ1) is 20.8. The first-order chi connectivity index (χ1) is 17.2. The van der Waals surface area contributed by atoms with E-state index in [0.29, 0.717) is 0 Å². The quantitative estimate of drug-likeness (QED) is 0.376. The molecular formula is C28H22N6O. The van der Waals surface area contributed by atoms with Crippen molar-refractivity contribution in [3.63, 3.8) is 0 Å². The van der Waals surface area contributed by atoms with Crippen molar-refractivity contribution in [1.82, 2.24) is 24.5 Å². The second kappa shape index (κ2) is 8.53. The molecule has 2 aromatic carbocycles. The molecule has 170 valence electrons. The SMILES string of the molecule is Cn1ccc2ccc(-c3cc(NC(c4cccnc4)c4cc[nH]c(=O)c4)cc4nccnc34)cc21. The molecule has 2 N–H and O–H groups in total. The zero-order valence-electron chi connectivity index (χ0n) is 19.0. The summed E-state index contributed by atoms with van der Waals surface area (Å²) < 4.78 is 2.11. The van der Waals surface area contributed by atoms with Crippen LogP contribution in [0.3, 0.4) is 0 Å². The van der Waals surface area contributed by atoms with Gasteiger partial charge in [0.05, 0.1) is 17.1 Å². The summed E-state index contributed by atoms with van der Waals surface area (Å²) in [6, 6.07) is 19.7. The van der Waals surface area contributed by atoms with Crippen LogP contribution in [0.2, 0.25) is 0 Å². The summed E-state index contributed by atoms with van der Waals surface area (Å²) in [5, 5.41) is 4.81. The van der Waals surface area contributed by atoms with Crippen molar-refractivity contribution in [1.29, 1.82) is 0 Å². The normalized spacial score (nSPS) is 12.1. The Morgan fingerprint density at radius 2 is 1.86 bits per heavy atom. The summed E-state index contributed by atoms with van der Waals surface area (Å²) >= 11 is 0. The van der Waals surface area contributed by atoms with Gasteiger partial charge in [-0.1, -0.05) is 18.2 Å². The molecule has 0 saturated heterocycles. The highest BCUT2D eigenvalue weighted by atomic mass is 16.1. The summed E-state index contributed by atoms with van der Waals surface area (Å²) in [6.07, 6.45) is 10.7. The maximum Gasteiger partial charge on any atom is 0.248 e. The molecule has 0 aliphatic rings. The topological polar surface area (TPSA) is 88.5 Å². The molecule has 0 fully saturated rings. The van der Waals surface area contributed by atoms with Gasteiger partial charge >= 0.3 is 0 Å². The molecular weight excluding hydrogens is 436 g/mol. The van der Waals surface area contributed by atoms with E-state index in [1.807, 2.05) is 37.5 Å². The number of rotatable bonds is 5. The van der Waals surface area contributed by atoms with E-state index in [1.54, 1.807) is 30.9 Å². The highest BCUT2D eigenvalue weighted by Crippen LogP contribution is 2.34. The summed E-state index contributed by atoms with van der Waals surface area (Å²) in [4.78, 5) is 28.3. The molecule has 1 atom stereocenters. The first-order valence-corrected chi connectivity index (χ1v) is 11.3. The van der Waals surface area contributed by atoms with E-state index in [2.05, 4.69) is 66.3 Å². The van der Waals surface area contributed by atoms with Crippen LogP contribution in [-0.4, -0.2) is 24.5 Å². The molecule has 1 unspecified atom stereocenters. The van der Waals surface area contributed by atoms with Crippen LogP contribution in [0.5, 0.6) is 0 Å². The van der Waals surface area contributed by atoms with Crippen LogP contribution in [0.4, 0.5) is 5.69 Å². The number of hydrogen-bond donors (Lipinski definition) is 2. The lowest BCUT2D eigenvalue weighted by molar-refractivity contribution is 0.919. The minimum Gasteiger partial charge on any atom is -0.374 e. The fraction of sp³-hybridized carbons (Fsp3) is 0.0714. The van der Waals surface area contributed by atoms with Crippen molar-refractivity contribution in [2.75, 3.05) is 5.32 Å². The fourth-order valence-corrected chi connectivity index (χ4v) is 4.52. The molecule has 6 rings (SSSR count). The van der Waals surface area contributed by atoms with E-state index in [9.17, 15) is 4.79 Å². The third-order valence-electron chi connectivity index (χ3n) is 6.23. The van der Waals surface area contributed by atoms with Gasteiger partial charge < -0.3 is 14.9 Å². The van der Waals surface area contributed by atoms with Crippen molar-refractivity contribution < 1.29 is 0 Å². The summed E-state index contributed by atoms with van der Waals surface area (Å²) in [7, 11) is 2.04. The molecule has 0 radical (unpaired) electrons. The lowest BCUT2D eigenvalue weighted by atomic mass is 9.98. The number of anilines is 1. The number of H-pyrrole nitrogens is 1. The van der Waals surface area contributed by atoms with Crippen molar-refractivity contribution in [2.24, 2.45) is 7.05 Å². The smallest absolute Gasteiger partial charge is 0.248 e. The highest BCUT2D eigenvalue weighted by molar-refractivity contribution is 5.97. The molecule has 0 spiro atoms. The predicted octanol–water partition coefficient (Wildman–Crippen LogP) is 5.07. The molecule has 0 amide bonds. The Hall–Kier alpha value is -4.78. The molecule has 4 aromatic heterocycles. The van der Waals surface area contributed by atoms with E-state index >= 15 is 0 Å². The van der Waals surface area contributed by atoms with Crippen LogP contribution in [-0.2, 0) is 7.05 Å². The van der Waals surface area contributed by atoms with Gasteiger partial charge in [0, 0.05) is 67.1 Å². The van der Waals surface area contributed by atoms with Crippen LogP contribution in [0.1, 0.15) is 17.2 Å². The van der Waals surface area contributed by atoms with Crippen LogP contribution in [0, 0.1) is 0 Å². The number of hydrogen-bond acceptors (Lipinski definition) is 5. The van der Waals surface area contributed by atoms with Gasteiger partial charge in [0.2, 0.25) is 5.56 Å². The maximum atomic E-state index is 12.1. The van der Waals surface area contributed by atoms with Crippen LogP contribution in [0.25, 0.3) is 33.1 Å². The monoisotopic (exact) mass is 458 g/mol. The number of pyridine rings is 2. The number of benzene rings is 2. The minimum atomic E-state index is -0.275. The number of aromatic nitrogens is 5. The molecule has 4 heterocycles. The average Bonchev–Trinajstić information content (AvgIpc) is 3.27. The van der Waals surface area contributed by atoms with E-state index < -0.39 is 0 Å². The largest absolute Gasteiger partial charge is 0.374 e. The molecule has 7 nitrogen and oxygen atoms in total. The van der Waals surface area contributed by atoms with Gasteiger partial charge in [0.25, 0.3) is 0 Å². The van der Waals surface area contributed by atoms with Crippen molar-refractivity contribution in [2.45, 2.75) is 6.04 Å². The van der Waals surface area contributed by atoms with E-state index in [-0.39, 0.29) is 11.6 Å². The number of fused-ring (bicyclic) bond motifs is 2. The second-order valence-electron chi connectivity index (χ2n) is 8.50. The maximum absolute atomic E-state index is 12.1. The van der Waals surface area contributed by atoms with Gasteiger partial charge in [-0.2, -0.15) is 0 Å².